The monoisotopic (exact) mass is 181 g/mol. The average Bonchev–Trinajstić information content (AvgIpc) is 2.82. The number of carbonyl (C=O) groups is 1. The van der Waals surface area contributed by atoms with Gasteiger partial charge in [0.25, 0.3) is 0 Å². The third-order valence-electron chi connectivity index (χ3n) is 3.50. The van der Waals surface area contributed by atoms with Gasteiger partial charge in [0, 0.05) is 13.0 Å². The number of ether oxygens (including phenoxy) is 1. The van der Waals surface area contributed by atoms with Crippen molar-refractivity contribution in [2.45, 2.75) is 50.4 Å². The lowest BCUT2D eigenvalue weighted by molar-refractivity contribution is -0.130. The topological polar surface area (TPSA) is 32.8 Å². The fourth-order valence-electron chi connectivity index (χ4n) is 2.77. The van der Waals surface area contributed by atoms with Crippen LogP contribution in [0.25, 0.3) is 0 Å². The van der Waals surface area contributed by atoms with Crippen molar-refractivity contribution in [1.82, 2.24) is 4.90 Å². The second-order valence-corrected chi connectivity index (χ2v) is 4.33. The highest BCUT2D eigenvalue weighted by molar-refractivity contribution is 5.78. The number of amides is 1. The van der Waals surface area contributed by atoms with E-state index in [-0.39, 0.29) is 0 Å². The molecular weight excluding hydrogens is 166 g/mol. The van der Waals surface area contributed by atoms with Crippen LogP contribution in [-0.4, -0.2) is 35.6 Å². The van der Waals surface area contributed by atoms with E-state index in [1.807, 2.05) is 0 Å². The summed E-state index contributed by atoms with van der Waals surface area (Å²) in [5, 5.41) is 0. The van der Waals surface area contributed by atoms with Crippen molar-refractivity contribution in [2.24, 2.45) is 0 Å². The number of epoxide rings is 1. The second-order valence-electron chi connectivity index (χ2n) is 4.33. The zero-order chi connectivity index (χ0) is 8.84. The number of nitrogens with zero attached hydrogens (tertiary/aromatic N) is 1. The maximum absolute atomic E-state index is 11.5. The highest BCUT2D eigenvalue weighted by Crippen LogP contribution is 2.40. The Labute approximate surface area is 78.0 Å². The molecule has 3 atom stereocenters. The van der Waals surface area contributed by atoms with Crippen LogP contribution in [-0.2, 0) is 9.53 Å². The van der Waals surface area contributed by atoms with Crippen LogP contribution < -0.4 is 0 Å². The fourth-order valence-corrected chi connectivity index (χ4v) is 2.77. The predicted octanol–water partition coefficient (Wildman–Crippen LogP) is 0.929. The maximum atomic E-state index is 11.5. The molecule has 0 bridgehead atoms. The Morgan fingerprint density at radius 3 is 3.00 bits per heavy atom. The highest BCUT2D eigenvalue weighted by Gasteiger charge is 2.50. The van der Waals surface area contributed by atoms with Crippen LogP contribution in [0.2, 0.25) is 0 Å². The lowest BCUT2D eigenvalue weighted by Crippen LogP contribution is -2.42. The molecule has 3 nitrogen and oxygen atoms in total. The average molecular weight is 181 g/mol. The first-order chi connectivity index (χ1) is 6.36. The van der Waals surface area contributed by atoms with E-state index in [2.05, 4.69) is 4.90 Å². The Hall–Kier alpha value is -0.570. The van der Waals surface area contributed by atoms with E-state index in [1.165, 1.54) is 12.8 Å². The van der Waals surface area contributed by atoms with Gasteiger partial charge in [0.15, 0.2) is 0 Å². The maximum Gasteiger partial charge on any atom is 0.222 e. The molecule has 0 aromatic heterocycles. The molecule has 1 saturated carbocycles. The van der Waals surface area contributed by atoms with Crippen molar-refractivity contribution >= 4 is 5.91 Å². The lowest BCUT2D eigenvalue weighted by Gasteiger charge is -2.28. The van der Waals surface area contributed by atoms with Crippen LogP contribution >= 0.6 is 0 Å². The quantitative estimate of drug-likeness (QED) is 0.564. The predicted molar refractivity (Wildman–Crippen MR) is 47.2 cm³/mol. The summed E-state index contributed by atoms with van der Waals surface area (Å²) in [5.74, 6) is 0.348. The zero-order valence-electron chi connectivity index (χ0n) is 7.74. The molecular formula is C10H15NO2. The largest absolute Gasteiger partial charge is 0.367 e. The zero-order valence-corrected chi connectivity index (χ0v) is 7.74. The molecule has 2 saturated heterocycles. The summed E-state index contributed by atoms with van der Waals surface area (Å²) in [7, 11) is 0. The number of rotatable bonds is 1. The molecule has 1 aliphatic carbocycles. The van der Waals surface area contributed by atoms with Crippen LogP contribution in [0.15, 0.2) is 0 Å². The molecule has 3 fully saturated rings. The van der Waals surface area contributed by atoms with E-state index in [1.54, 1.807) is 0 Å². The fraction of sp³-hybridized carbons (Fsp3) is 0.900. The number of likely N-dealkylation sites (tertiary alicyclic amines) is 1. The molecule has 0 radical (unpaired) electrons. The minimum atomic E-state index is 0.348. The Morgan fingerprint density at radius 2 is 2.23 bits per heavy atom. The first-order valence-electron chi connectivity index (χ1n) is 5.31. The van der Waals surface area contributed by atoms with Crippen molar-refractivity contribution in [3.8, 4) is 0 Å². The molecule has 0 spiro atoms. The van der Waals surface area contributed by atoms with Gasteiger partial charge in [-0.05, 0) is 25.7 Å². The minimum Gasteiger partial charge on any atom is -0.367 e. The number of hydrogen-bond acceptors (Lipinski definition) is 2. The van der Waals surface area contributed by atoms with Gasteiger partial charge in [-0.1, -0.05) is 0 Å². The van der Waals surface area contributed by atoms with Gasteiger partial charge < -0.3 is 9.64 Å². The summed E-state index contributed by atoms with van der Waals surface area (Å²) < 4.78 is 5.56. The Morgan fingerprint density at radius 1 is 1.31 bits per heavy atom. The smallest absolute Gasteiger partial charge is 0.222 e. The normalized spacial score (nSPS) is 43.5. The highest BCUT2D eigenvalue weighted by atomic mass is 16.6. The molecule has 0 N–H and O–H groups in total. The number of hydrogen-bond donors (Lipinski definition) is 0. The Balaban J connectivity index is 1.73. The van der Waals surface area contributed by atoms with Gasteiger partial charge in [-0.25, -0.2) is 0 Å². The summed E-state index contributed by atoms with van der Waals surface area (Å²) in [6.07, 6.45) is 6.30. The Kier molecular flexibility index (Phi) is 1.62. The third kappa shape index (κ3) is 1.17. The molecule has 0 aromatic rings. The van der Waals surface area contributed by atoms with Crippen molar-refractivity contribution in [1.29, 1.82) is 0 Å². The van der Waals surface area contributed by atoms with Gasteiger partial charge in [-0.15, -0.1) is 0 Å². The second kappa shape index (κ2) is 2.71. The molecule has 3 heteroatoms. The SMILES string of the molecule is O=C1CCCN1[C@@H]1CCC[C@@H]2O[C@@H]21. The molecule has 3 aliphatic rings. The summed E-state index contributed by atoms with van der Waals surface area (Å²) in [6, 6.07) is 0.425. The van der Waals surface area contributed by atoms with E-state index in [0.717, 1.165) is 25.8 Å². The lowest BCUT2D eigenvalue weighted by atomic mass is 9.94. The molecule has 13 heavy (non-hydrogen) atoms. The van der Waals surface area contributed by atoms with Gasteiger partial charge in [0.05, 0.1) is 12.1 Å². The van der Waals surface area contributed by atoms with Crippen LogP contribution in [0.5, 0.6) is 0 Å². The molecule has 0 aromatic carbocycles. The first-order valence-corrected chi connectivity index (χ1v) is 5.31. The van der Waals surface area contributed by atoms with Gasteiger partial charge in [0.2, 0.25) is 5.91 Å². The molecule has 1 amide bonds. The van der Waals surface area contributed by atoms with E-state index < -0.39 is 0 Å². The molecule has 3 rings (SSSR count). The van der Waals surface area contributed by atoms with Crippen molar-refractivity contribution < 1.29 is 9.53 Å². The van der Waals surface area contributed by atoms with E-state index in [0.29, 0.717) is 24.2 Å². The molecule has 0 unspecified atom stereocenters. The van der Waals surface area contributed by atoms with E-state index in [4.69, 9.17) is 4.74 Å². The van der Waals surface area contributed by atoms with E-state index >= 15 is 0 Å². The first kappa shape index (κ1) is 7.80. The Bertz CT molecular complexity index is 241. The molecule has 72 valence electrons. The molecule has 2 aliphatic heterocycles. The van der Waals surface area contributed by atoms with E-state index in [9.17, 15) is 4.79 Å². The summed E-state index contributed by atoms with van der Waals surface area (Å²) in [5.41, 5.74) is 0. The van der Waals surface area contributed by atoms with Crippen LogP contribution in [0, 0.1) is 0 Å². The standard InChI is InChI=1S/C10H15NO2/c12-9-5-2-6-11(9)7-3-1-4-8-10(7)13-8/h7-8,10H,1-6H2/t7-,8+,10-/m1/s1. The molecule has 2 heterocycles. The van der Waals surface area contributed by atoms with Crippen molar-refractivity contribution in [2.75, 3.05) is 6.54 Å². The van der Waals surface area contributed by atoms with Crippen LogP contribution in [0.4, 0.5) is 0 Å². The minimum absolute atomic E-state index is 0.348. The summed E-state index contributed by atoms with van der Waals surface area (Å²) in [6.45, 7) is 0.968. The van der Waals surface area contributed by atoms with Crippen LogP contribution in [0.1, 0.15) is 32.1 Å². The third-order valence-corrected chi connectivity index (χ3v) is 3.50. The van der Waals surface area contributed by atoms with Gasteiger partial charge in [-0.3, -0.25) is 4.79 Å². The number of fused-ring (bicyclic) bond motifs is 1. The van der Waals surface area contributed by atoms with Gasteiger partial charge in [0.1, 0.15) is 6.10 Å². The van der Waals surface area contributed by atoms with Crippen LogP contribution in [0.3, 0.4) is 0 Å². The summed E-state index contributed by atoms with van der Waals surface area (Å²) >= 11 is 0. The van der Waals surface area contributed by atoms with Gasteiger partial charge in [-0.2, -0.15) is 0 Å². The van der Waals surface area contributed by atoms with Crippen molar-refractivity contribution in [3.63, 3.8) is 0 Å². The summed E-state index contributed by atoms with van der Waals surface area (Å²) in [4.78, 5) is 13.6. The van der Waals surface area contributed by atoms with Gasteiger partial charge >= 0.3 is 0 Å². The number of carbonyl (C=O) groups excluding carboxylic acids is 1. The van der Waals surface area contributed by atoms with Crippen molar-refractivity contribution in [3.05, 3.63) is 0 Å².